The van der Waals surface area contributed by atoms with E-state index in [1.807, 2.05) is 5.32 Å². The SMILES string of the molecule is CC(C)C(OC(=O)c1cc(S(=O)(=O)N2CCOCC2)ccc1Cl)C(=O)NC(N)=O. The number of carbonyl (C=O) groups excluding carboxylic acids is 3. The minimum Gasteiger partial charge on any atom is -0.448 e. The van der Waals surface area contributed by atoms with Gasteiger partial charge in [-0.1, -0.05) is 25.4 Å². The van der Waals surface area contributed by atoms with E-state index in [9.17, 15) is 22.8 Å². The quantitative estimate of drug-likeness (QED) is 0.611. The van der Waals surface area contributed by atoms with E-state index in [-0.39, 0.29) is 41.8 Å². The van der Waals surface area contributed by atoms with Crippen LogP contribution in [0.3, 0.4) is 0 Å². The standard InChI is InChI=1S/C17H22ClN3O7S/c1-10(2)14(15(22)20-17(19)24)28-16(23)12-9-11(3-4-13(12)18)29(25,26)21-5-7-27-8-6-21/h3-4,9-10,14H,5-8H2,1-2H3,(H3,19,20,22,24). The molecule has 0 aliphatic carbocycles. The number of halogens is 1. The van der Waals surface area contributed by atoms with Crippen molar-refractivity contribution in [3.05, 3.63) is 28.8 Å². The van der Waals surface area contributed by atoms with Crippen LogP contribution in [0.1, 0.15) is 24.2 Å². The maximum atomic E-state index is 12.8. The van der Waals surface area contributed by atoms with Gasteiger partial charge in [0.2, 0.25) is 10.0 Å². The molecule has 160 valence electrons. The van der Waals surface area contributed by atoms with Crippen molar-refractivity contribution < 1.29 is 32.3 Å². The number of primary amides is 1. The predicted octanol–water partition coefficient (Wildman–Crippen LogP) is 0.737. The number of esters is 1. The molecule has 1 aliphatic rings. The molecule has 1 aliphatic heterocycles. The van der Waals surface area contributed by atoms with Crippen molar-refractivity contribution in [1.29, 1.82) is 0 Å². The van der Waals surface area contributed by atoms with Crippen LogP contribution < -0.4 is 11.1 Å². The van der Waals surface area contributed by atoms with Gasteiger partial charge in [-0.05, 0) is 24.1 Å². The van der Waals surface area contributed by atoms with Crippen LogP contribution in [0.4, 0.5) is 4.79 Å². The Balaban J connectivity index is 2.29. The molecule has 2 rings (SSSR count). The summed E-state index contributed by atoms with van der Waals surface area (Å²) >= 11 is 6.05. The highest BCUT2D eigenvalue weighted by molar-refractivity contribution is 7.89. The Hall–Kier alpha value is -2.21. The number of sulfonamides is 1. The number of nitrogens with one attached hydrogen (secondary N) is 1. The molecule has 0 radical (unpaired) electrons. The molecule has 1 fully saturated rings. The summed E-state index contributed by atoms with van der Waals surface area (Å²) in [5.41, 5.74) is 4.70. The molecule has 1 heterocycles. The highest BCUT2D eigenvalue weighted by atomic mass is 35.5. The van der Waals surface area contributed by atoms with Gasteiger partial charge in [0, 0.05) is 13.1 Å². The van der Waals surface area contributed by atoms with E-state index in [1.54, 1.807) is 13.8 Å². The molecule has 1 saturated heterocycles. The Labute approximate surface area is 173 Å². The number of carbonyl (C=O) groups is 3. The van der Waals surface area contributed by atoms with Crippen LogP contribution >= 0.6 is 11.6 Å². The summed E-state index contributed by atoms with van der Waals surface area (Å²) in [6, 6.07) is 2.55. The molecule has 10 nitrogen and oxygen atoms in total. The van der Waals surface area contributed by atoms with Gasteiger partial charge in [-0.25, -0.2) is 18.0 Å². The number of hydrogen-bond acceptors (Lipinski definition) is 7. The lowest BCUT2D eigenvalue weighted by Crippen LogP contribution is -2.45. The predicted molar refractivity (Wildman–Crippen MR) is 103 cm³/mol. The number of morpholine rings is 1. The van der Waals surface area contributed by atoms with Crippen molar-refractivity contribution in [3.8, 4) is 0 Å². The summed E-state index contributed by atoms with van der Waals surface area (Å²) in [5, 5.41) is 1.80. The normalized spacial score (nSPS) is 16.3. The summed E-state index contributed by atoms with van der Waals surface area (Å²) in [4.78, 5) is 35.4. The van der Waals surface area contributed by atoms with Crippen LogP contribution in [0.15, 0.2) is 23.1 Å². The molecule has 0 bridgehead atoms. The third-order valence-corrected chi connectivity index (χ3v) is 6.33. The largest absolute Gasteiger partial charge is 0.448 e. The monoisotopic (exact) mass is 447 g/mol. The van der Waals surface area contributed by atoms with Crippen LogP contribution in [0.25, 0.3) is 0 Å². The number of hydrogen-bond donors (Lipinski definition) is 2. The van der Waals surface area contributed by atoms with Gasteiger partial charge in [0.15, 0.2) is 6.10 Å². The third-order valence-electron chi connectivity index (χ3n) is 4.11. The van der Waals surface area contributed by atoms with Gasteiger partial charge >= 0.3 is 12.0 Å². The number of urea groups is 1. The third kappa shape index (κ3) is 5.66. The molecule has 0 saturated carbocycles. The molecule has 0 aromatic heterocycles. The zero-order valence-corrected chi connectivity index (χ0v) is 17.5. The first-order chi connectivity index (χ1) is 13.5. The maximum Gasteiger partial charge on any atom is 0.340 e. The fourth-order valence-corrected chi connectivity index (χ4v) is 4.25. The molecule has 3 N–H and O–H groups in total. The van der Waals surface area contributed by atoms with E-state index in [0.29, 0.717) is 0 Å². The Morgan fingerprint density at radius 1 is 1.24 bits per heavy atom. The first-order valence-electron chi connectivity index (χ1n) is 8.72. The average Bonchev–Trinajstić information content (AvgIpc) is 2.65. The van der Waals surface area contributed by atoms with Crippen molar-refractivity contribution >= 4 is 39.5 Å². The van der Waals surface area contributed by atoms with E-state index in [4.69, 9.17) is 26.8 Å². The summed E-state index contributed by atoms with van der Waals surface area (Å²) in [7, 11) is -3.87. The number of rotatable bonds is 6. The van der Waals surface area contributed by atoms with Gasteiger partial charge in [0.1, 0.15) is 0 Å². The van der Waals surface area contributed by atoms with Gasteiger partial charge in [-0.3, -0.25) is 10.1 Å². The lowest BCUT2D eigenvalue weighted by molar-refractivity contribution is -0.130. The van der Waals surface area contributed by atoms with Crippen LogP contribution in [-0.2, 0) is 24.3 Å². The number of amides is 3. The van der Waals surface area contributed by atoms with Crippen molar-refractivity contribution in [2.45, 2.75) is 24.8 Å². The van der Waals surface area contributed by atoms with E-state index < -0.39 is 40.0 Å². The summed E-state index contributed by atoms with van der Waals surface area (Å²) in [5.74, 6) is -2.39. The highest BCUT2D eigenvalue weighted by Crippen LogP contribution is 2.25. The minimum atomic E-state index is -3.87. The second-order valence-electron chi connectivity index (χ2n) is 6.58. The van der Waals surface area contributed by atoms with Crippen LogP contribution in [0.2, 0.25) is 5.02 Å². The number of ether oxygens (including phenoxy) is 2. The highest BCUT2D eigenvalue weighted by Gasteiger charge is 2.31. The molecule has 1 aromatic rings. The molecule has 1 aromatic carbocycles. The zero-order chi connectivity index (χ0) is 21.8. The minimum absolute atomic E-state index is 0.0475. The van der Waals surface area contributed by atoms with Crippen LogP contribution in [0, 0.1) is 5.92 Å². The van der Waals surface area contributed by atoms with Crippen LogP contribution in [-0.4, -0.2) is 63.0 Å². The van der Waals surface area contributed by atoms with Gasteiger partial charge in [-0.2, -0.15) is 4.31 Å². The average molecular weight is 448 g/mol. The number of imide groups is 1. The summed E-state index contributed by atoms with van der Waals surface area (Å²) in [6.45, 7) is 4.11. The Bertz CT molecular complexity index is 898. The number of nitrogens with two attached hydrogens (primary N) is 1. The Morgan fingerprint density at radius 3 is 2.41 bits per heavy atom. The van der Waals surface area contributed by atoms with Gasteiger partial charge < -0.3 is 15.2 Å². The Kier molecular flexibility index (Phi) is 7.58. The molecule has 29 heavy (non-hydrogen) atoms. The van der Waals surface area contributed by atoms with Gasteiger partial charge in [0.05, 0.1) is 28.7 Å². The number of nitrogens with zero attached hydrogens (tertiary/aromatic N) is 1. The smallest absolute Gasteiger partial charge is 0.340 e. The lowest BCUT2D eigenvalue weighted by atomic mass is 10.1. The zero-order valence-electron chi connectivity index (χ0n) is 15.9. The van der Waals surface area contributed by atoms with E-state index in [2.05, 4.69) is 0 Å². The second-order valence-corrected chi connectivity index (χ2v) is 8.93. The van der Waals surface area contributed by atoms with Gasteiger partial charge in [0.25, 0.3) is 5.91 Å². The first-order valence-corrected chi connectivity index (χ1v) is 10.5. The molecule has 12 heteroatoms. The van der Waals surface area contributed by atoms with Crippen molar-refractivity contribution in [3.63, 3.8) is 0 Å². The van der Waals surface area contributed by atoms with Crippen LogP contribution in [0.5, 0.6) is 0 Å². The fourth-order valence-electron chi connectivity index (χ4n) is 2.62. The molecule has 3 amide bonds. The molecule has 1 unspecified atom stereocenters. The number of benzene rings is 1. The van der Waals surface area contributed by atoms with E-state index in [0.717, 1.165) is 6.07 Å². The molecular weight excluding hydrogens is 426 g/mol. The van der Waals surface area contributed by atoms with Crippen molar-refractivity contribution in [1.82, 2.24) is 9.62 Å². The summed E-state index contributed by atoms with van der Waals surface area (Å²) in [6.07, 6.45) is -1.33. The summed E-state index contributed by atoms with van der Waals surface area (Å²) < 4.78 is 37.2. The van der Waals surface area contributed by atoms with Crippen molar-refractivity contribution in [2.24, 2.45) is 11.7 Å². The van der Waals surface area contributed by atoms with E-state index >= 15 is 0 Å². The first kappa shape index (κ1) is 23.1. The fraction of sp³-hybridized carbons (Fsp3) is 0.471. The topological polar surface area (TPSA) is 145 Å². The molecular formula is C17H22ClN3O7S. The van der Waals surface area contributed by atoms with E-state index in [1.165, 1.54) is 16.4 Å². The second kappa shape index (κ2) is 9.53. The molecule has 0 spiro atoms. The molecule has 1 atom stereocenters. The van der Waals surface area contributed by atoms with Gasteiger partial charge in [-0.15, -0.1) is 0 Å². The van der Waals surface area contributed by atoms with Crippen molar-refractivity contribution in [2.75, 3.05) is 26.3 Å². The lowest BCUT2D eigenvalue weighted by Gasteiger charge is -2.26. The Morgan fingerprint density at radius 2 is 1.86 bits per heavy atom. The maximum absolute atomic E-state index is 12.8.